The molecule has 0 radical (unpaired) electrons. The Hall–Kier alpha value is -1.57. The topological polar surface area (TPSA) is 37.3 Å². The molecule has 90 valence electrons. The average Bonchev–Trinajstić information content (AvgIpc) is 2.24. The highest BCUT2D eigenvalue weighted by molar-refractivity contribution is 5.97. The van der Waals surface area contributed by atoms with Gasteiger partial charge in [0.1, 0.15) is 0 Å². The second kappa shape index (κ2) is 4.36. The van der Waals surface area contributed by atoms with Crippen LogP contribution in [0.1, 0.15) is 32.3 Å². The number of aliphatic hydroxyl groups is 1. The Kier molecular flexibility index (Phi) is 3.05. The van der Waals surface area contributed by atoms with Crippen LogP contribution in [0.3, 0.4) is 0 Å². The van der Waals surface area contributed by atoms with E-state index in [1.165, 1.54) is 0 Å². The lowest BCUT2D eigenvalue weighted by molar-refractivity contribution is -0.118. The molecule has 0 saturated heterocycles. The first kappa shape index (κ1) is 11.9. The quantitative estimate of drug-likeness (QED) is 0.845. The van der Waals surface area contributed by atoms with Gasteiger partial charge in [-0.1, -0.05) is 44.2 Å². The summed E-state index contributed by atoms with van der Waals surface area (Å²) in [6.07, 6.45) is 1.67. The number of allylic oxidation sites excluding steroid dienone is 2. The first-order chi connectivity index (χ1) is 7.98. The summed E-state index contributed by atoms with van der Waals surface area (Å²) in [5, 5.41) is 10.00. The largest absolute Gasteiger partial charge is 0.512 e. The van der Waals surface area contributed by atoms with Gasteiger partial charge in [-0.15, -0.1) is 0 Å². The highest BCUT2D eigenvalue weighted by Gasteiger charge is 2.32. The molecule has 0 aromatic heterocycles. The summed E-state index contributed by atoms with van der Waals surface area (Å²) in [5.74, 6) is 0.359. The first-order valence-corrected chi connectivity index (χ1v) is 5.96. The van der Waals surface area contributed by atoms with E-state index in [1.54, 1.807) is 0 Å². The third kappa shape index (κ3) is 2.76. The molecule has 2 heteroatoms. The van der Waals surface area contributed by atoms with Gasteiger partial charge in [0.25, 0.3) is 0 Å². The van der Waals surface area contributed by atoms with Crippen LogP contribution in [0.2, 0.25) is 0 Å². The lowest BCUT2D eigenvalue weighted by Crippen LogP contribution is -2.26. The highest BCUT2D eigenvalue weighted by Crippen LogP contribution is 2.36. The van der Waals surface area contributed by atoms with Crippen LogP contribution in [-0.2, 0) is 11.2 Å². The molecular formula is C15H18O2. The molecule has 0 atom stereocenters. The highest BCUT2D eigenvalue weighted by atomic mass is 16.3. The van der Waals surface area contributed by atoms with E-state index in [0.29, 0.717) is 24.8 Å². The van der Waals surface area contributed by atoms with E-state index in [4.69, 9.17) is 0 Å². The summed E-state index contributed by atoms with van der Waals surface area (Å²) in [4.78, 5) is 12.0. The molecule has 0 amide bonds. The Bertz CT molecular complexity index is 455. The van der Waals surface area contributed by atoms with Crippen molar-refractivity contribution in [2.24, 2.45) is 5.41 Å². The SMILES string of the molecule is CC1(C)CC(=O)C(Cc2ccccc2)=C(O)C1. The zero-order valence-corrected chi connectivity index (χ0v) is 10.4. The van der Waals surface area contributed by atoms with Crippen molar-refractivity contribution in [3.63, 3.8) is 0 Å². The first-order valence-electron chi connectivity index (χ1n) is 5.96. The van der Waals surface area contributed by atoms with Crippen LogP contribution in [0.4, 0.5) is 0 Å². The van der Waals surface area contributed by atoms with E-state index in [-0.39, 0.29) is 17.0 Å². The minimum Gasteiger partial charge on any atom is -0.512 e. The molecule has 0 saturated carbocycles. The zero-order chi connectivity index (χ0) is 12.5. The predicted octanol–water partition coefficient (Wildman–Crippen LogP) is 3.43. The van der Waals surface area contributed by atoms with Gasteiger partial charge in [-0.2, -0.15) is 0 Å². The molecule has 2 rings (SSSR count). The molecule has 1 aliphatic carbocycles. The fourth-order valence-electron chi connectivity index (χ4n) is 2.33. The van der Waals surface area contributed by atoms with Crippen molar-refractivity contribution in [3.05, 3.63) is 47.2 Å². The van der Waals surface area contributed by atoms with E-state index in [1.807, 2.05) is 44.2 Å². The molecule has 0 aliphatic heterocycles. The van der Waals surface area contributed by atoms with Gasteiger partial charge in [-0.05, 0) is 11.0 Å². The molecule has 0 bridgehead atoms. The average molecular weight is 230 g/mol. The Morgan fingerprint density at radius 1 is 1.18 bits per heavy atom. The number of aliphatic hydroxyl groups excluding tert-OH is 1. The fourth-order valence-corrected chi connectivity index (χ4v) is 2.33. The summed E-state index contributed by atoms with van der Waals surface area (Å²) in [6, 6.07) is 9.80. The molecule has 0 fully saturated rings. The van der Waals surface area contributed by atoms with Gasteiger partial charge in [0.05, 0.1) is 5.76 Å². The number of Topliss-reactive ketones (excluding diaryl/α,β-unsaturated/α-hetero) is 1. The van der Waals surface area contributed by atoms with Gasteiger partial charge in [0.2, 0.25) is 0 Å². The van der Waals surface area contributed by atoms with Crippen LogP contribution in [0, 0.1) is 5.41 Å². The van der Waals surface area contributed by atoms with Gasteiger partial charge in [0, 0.05) is 24.8 Å². The Labute approximate surface area is 102 Å². The Balaban J connectivity index is 2.24. The number of hydrogen-bond donors (Lipinski definition) is 1. The lowest BCUT2D eigenvalue weighted by atomic mass is 9.75. The molecule has 2 nitrogen and oxygen atoms in total. The zero-order valence-electron chi connectivity index (χ0n) is 10.4. The summed E-state index contributed by atoms with van der Waals surface area (Å²) in [6.45, 7) is 4.03. The molecule has 1 N–H and O–H groups in total. The second-order valence-electron chi connectivity index (χ2n) is 5.53. The van der Waals surface area contributed by atoms with Crippen LogP contribution >= 0.6 is 0 Å². The normalized spacial score (nSPS) is 19.5. The molecule has 0 spiro atoms. The maximum Gasteiger partial charge on any atom is 0.163 e. The third-order valence-corrected chi connectivity index (χ3v) is 3.19. The van der Waals surface area contributed by atoms with Crippen molar-refractivity contribution in [2.75, 3.05) is 0 Å². The molecule has 0 heterocycles. The number of carbonyl (C=O) groups excluding carboxylic acids is 1. The number of ketones is 1. The molecule has 17 heavy (non-hydrogen) atoms. The van der Waals surface area contributed by atoms with Crippen LogP contribution in [0.25, 0.3) is 0 Å². The minimum atomic E-state index is -0.110. The third-order valence-electron chi connectivity index (χ3n) is 3.19. The maximum atomic E-state index is 12.0. The van der Waals surface area contributed by atoms with Crippen LogP contribution < -0.4 is 0 Å². The van der Waals surface area contributed by atoms with Gasteiger partial charge < -0.3 is 5.11 Å². The van der Waals surface area contributed by atoms with Crippen molar-refractivity contribution in [3.8, 4) is 0 Å². The van der Waals surface area contributed by atoms with Crippen molar-refractivity contribution >= 4 is 5.78 Å². The summed E-state index contributed by atoms with van der Waals surface area (Å²) in [7, 11) is 0. The number of hydrogen-bond acceptors (Lipinski definition) is 2. The van der Waals surface area contributed by atoms with Crippen LogP contribution in [-0.4, -0.2) is 10.9 Å². The smallest absolute Gasteiger partial charge is 0.163 e. The monoisotopic (exact) mass is 230 g/mol. The van der Waals surface area contributed by atoms with E-state index in [0.717, 1.165) is 5.56 Å². The molecule has 1 aliphatic rings. The lowest BCUT2D eigenvalue weighted by Gasteiger charge is -2.29. The van der Waals surface area contributed by atoms with Crippen LogP contribution in [0.15, 0.2) is 41.7 Å². The summed E-state index contributed by atoms with van der Waals surface area (Å²) < 4.78 is 0. The Morgan fingerprint density at radius 3 is 2.41 bits per heavy atom. The molecule has 1 aromatic rings. The second-order valence-corrected chi connectivity index (χ2v) is 5.53. The van der Waals surface area contributed by atoms with Crippen molar-refractivity contribution < 1.29 is 9.90 Å². The minimum absolute atomic E-state index is 0.0857. The maximum absolute atomic E-state index is 12.0. The number of carbonyl (C=O) groups is 1. The van der Waals surface area contributed by atoms with Gasteiger partial charge in [-0.25, -0.2) is 0 Å². The van der Waals surface area contributed by atoms with Gasteiger partial charge >= 0.3 is 0 Å². The predicted molar refractivity (Wildman–Crippen MR) is 67.8 cm³/mol. The molecule has 1 aromatic carbocycles. The summed E-state index contributed by atoms with van der Waals surface area (Å²) in [5.41, 5.74) is 1.55. The fraction of sp³-hybridized carbons (Fsp3) is 0.400. The Morgan fingerprint density at radius 2 is 1.82 bits per heavy atom. The number of benzene rings is 1. The van der Waals surface area contributed by atoms with E-state index in [9.17, 15) is 9.90 Å². The van der Waals surface area contributed by atoms with E-state index >= 15 is 0 Å². The van der Waals surface area contributed by atoms with Crippen molar-refractivity contribution in [2.45, 2.75) is 33.1 Å². The molecule has 0 unspecified atom stereocenters. The van der Waals surface area contributed by atoms with Gasteiger partial charge in [-0.3, -0.25) is 4.79 Å². The molecular weight excluding hydrogens is 212 g/mol. The summed E-state index contributed by atoms with van der Waals surface area (Å²) >= 11 is 0. The van der Waals surface area contributed by atoms with E-state index in [2.05, 4.69) is 0 Å². The van der Waals surface area contributed by atoms with Crippen LogP contribution in [0.5, 0.6) is 0 Å². The van der Waals surface area contributed by atoms with E-state index < -0.39 is 0 Å². The van der Waals surface area contributed by atoms with Gasteiger partial charge in [0.15, 0.2) is 5.78 Å². The standard InChI is InChI=1S/C15H18O2/c1-15(2)9-13(16)12(14(17)10-15)8-11-6-4-3-5-7-11/h3-7,16H,8-10H2,1-2H3. The number of rotatable bonds is 2. The van der Waals surface area contributed by atoms with Crippen molar-refractivity contribution in [1.82, 2.24) is 0 Å². The van der Waals surface area contributed by atoms with Crippen molar-refractivity contribution in [1.29, 1.82) is 0 Å².